The van der Waals surface area contributed by atoms with Gasteiger partial charge in [0.1, 0.15) is 0 Å². The summed E-state index contributed by atoms with van der Waals surface area (Å²) in [5, 5.41) is 2.91. The van der Waals surface area contributed by atoms with Gasteiger partial charge in [-0.1, -0.05) is 30.3 Å². The average Bonchev–Trinajstić information content (AvgIpc) is 2.89. The molecule has 106 valence electrons. The first-order chi connectivity index (χ1) is 9.65. The Morgan fingerprint density at radius 3 is 2.65 bits per heavy atom. The highest BCUT2D eigenvalue weighted by Crippen LogP contribution is 2.21. The van der Waals surface area contributed by atoms with E-state index in [0.717, 1.165) is 14.2 Å². The number of halogens is 1. The lowest BCUT2D eigenvalue weighted by Gasteiger charge is -2.11. The lowest BCUT2D eigenvalue weighted by Crippen LogP contribution is -2.23. The van der Waals surface area contributed by atoms with Crippen molar-refractivity contribution in [3.05, 3.63) is 56.7 Å². The topological polar surface area (TPSA) is 55.1 Å². The normalized spacial score (nSPS) is 12.1. The quantitative estimate of drug-likeness (QED) is 0.834. The van der Waals surface area contributed by atoms with Crippen molar-refractivity contribution >= 4 is 33.2 Å². The molecule has 0 saturated heterocycles. The van der Waals surface area contributed by atoms with Crippen molar-refractivity contribution in [2.45, 2.75) is 25.4 Å². The highest BCUT2D eigenvalue weighted by Gasteiger charge is 2.09. The van der Waals surface area contributed by atoms with Gasteiger partial charge in [0, 0.05) is 17.3 Å². The fourth-order valence-corrected chi connectivity index (χ4v) is 3.30. The molecule has 0 spiro atoms. The van der Waals surface area contributed by atoms with E-state index in [1.165, 1.54) is 0 Å². The van der Waals surface area contributed by atoms with Crippen molar-refractivity contribution in [2.75, 3.05) is 0 Å². The molecule has 1 atom stereocenters. The van der Waals surface area contributed by atoms with Crippen LogP contribution in [0.25, 0.3) is 0 Å². The van der Waals surface area contributed by atoms with Crippen LogP contribution in [0.15, 0.2) is 46.3 Å². The summed E-state index contributed by atoms with van der Waals surface area (Å²) in [5.41, 5.74) is 7.14. The first-order valence-electron chi connectivity index (χ1n) is 6.46. The minimum absolute atomic E-state index is 0.0425. The third-order valence-corrected chi connectivity index (χ3v) is 4.62. The maximum absolute atomic E-state index is 11.8. The molecule has 1 aromatic heterocycles. The minimum atomic E-state index is -0.0853. The molecule has 1 aromatic carbocycles. The number of carbonyl (C=O) groups is 1. The molecule has 0 aliphatic heterocycles. The number of carbonyl (C=O) groups excluding carboxylic acids is 1. The zero-order valence-electron chi connectivity index (χ0n) is 11.0. The molecular weight excluding hydrogens is 336 g/mol. The van der Waals surface area contributed by atoms with Crippen LogP contribution in [0.5, 0.6) is 0 Å². The summed E-state index contributed by atoms with van der Waals surface area (Å²) in [6, 6.07) is 13.8. The van der Waals surface area contributed by atoms with E-state index in [-0.39, 0.29) is 11.9 Å². The lowest BCUT2D eigenvalue weighted by molar-refractivity contribution is -0.121. The van der Waals surface area contributed by atoms with Gasteiger partial charge in [-0.05, 0) is 40.0 Å². The van der Waals surface area contributed by atoms with Gasteiger partial charge in [0.05, 0.1) is 10.3 Å². The van der Waals surface area contributed by atoms with E-state index in [1.54, 1.807) is 11.3 Å². The number of nitrogens with two attached hydrogens (primary N) is 1. The SMILES string of the molecule is NC(CCC(=O)NCc1ccc(Br)s1)c1ccccc1. The van der Waals surface area contributed by atoms with Gasteiger partial charge in [0.15, 0.2) is 0 Å². The standard InChI is InChI=1S/C15H17BrN2OS/c16-14-8-6-12(20-14)10-18-15(19)9-7-13(17)11-4-2-1-3-5-11/h1-6,8,13H,7,9-10,17H2,(H,18,19). The Hall–Kier alpha value is -1.17. The zero-order chi connectivity index (χ0) is 14.4. The van der Waals surface area contributed by atoms with E-state index in [0.29, 0.717) is 19.4 Å². The van der Waals surface area contributed by atoms with Crippen molar-refractivity contribution in [3.63, 3.8) is 0 Å². The molecule has 0 bridgehead atoms. The zero-order valence-corrected chi connectivity index (χ0v) is 13.4. The second kappa shape index (κ2) is 7.57. The van der Waals surface area contributed by atoms with Gasteiger partial charge >= 0.3 is 0 Å². The summed E-state index contributed by atoms with van der Waals surface area (Å²) in [5.74, 6) is 0.0425. The number of nitrogens with one attached hydrogen (secondary N) is 1. The van der Waals surface area contributed by atoms with E-state index in [2.05, 4.69) is 21.2 Å². The molecule has 0 aliphatic rings. The summed E-state index contributed by atoms with van der Waals surface area (Å²) < 4.78 is 1.08. The molecule has 1 amide bonds. The summed E-state index contributed by atoms with van der Waals surface area (Å²) in [6.45, 7) is 0.579. The van der Waals surface area contributed by atoms with Crippen molar-refractivity contribution in [3.8, 4) is 0 Å². The predicted octanol–water partition coefficient (Wildman–Crippen LogP) is 3.61. The molecule has 1 unspecified atom stereocenters. The van der Waals surface area contributed by atoms with Crippen LogP contribution in [0.4, 0.5) is 0 Å². The average molecular weight is 353 g/mol. The molecule has 0 saturated carbocycles. The van der Waals surface area contributed by atoms with Crippen LogP contribution < -0.4 is 11.1 Å². The smallest absolute Gasteiger partial charge is 0.220 e. The first-order valence-corrected chi connectivity index (χ1v) is 8.07. The Kier molecular flexibility index (Phi) is 5.76. The Morgan fingerprint density at radius 1 is 1.25 bits per heavy atom. The Morgan fingerprint density at radius 2 is 2.00 bits per heavy atom. The van der Waals surface area contributed by atoms with Crippen LogP contribution in [0.1, 0.15) is 29.3 Å². The van der Waals surface area contributed by atoms with E-state index >= 15 is 0 Å². The van der Waals surface area contributed by atoms with Gasteiger partial charge in [0.2, 0.25) is 5.91 Å². The molecule has 2 aromatic rings. The van der Waals surface area contributed by atoms with Crippen LogP contribution >= 0.6 is 27.3 Å². The molecule has 20 heavy (non-hydrogen) atoms. The molecule has 0 fully saturated rings. The molecule has 2 rings (SSSR count). The monoisotopic (exact) mass is 352 g/mol. The van der Waals surface area contributed by atoms with E-state index < -0.39 is 0 Å². The number of benzene rings is 1. The van der Waals surface area contributed by atoms with Gasteiger partial charge in [-0.3, -0.25) is 4.79 Å². The maximum atomic E-state index is 11.8. The minimum Gasteiger partial charge on any atom is -0.351 e. The number of hydrogen-bond acceptors (Lipinski definition) is 3. The Balaban J connectivity index is 1.72. The van der Waals surface area contributed by atoms with Gasteiger partial charge < -0.3 is 11.1 Å². The number of rotatable bonds is 6. The Bertz CT molecular complexity index is 556. The first kappa shape index (κ1) is 15.2. The molecule has 1 heterocycles. The van der Waals surface area contributed by atoms with Crippen molar-refractivity contribution in [1.82, 2.24) is 5.32 Å². The lowest BCUT2D eigenvalue weighted by atomic mass is 10.0. The summed E-state index contributed by atoms with van der Waals surface area (Å²) in [4.78, 5) is 12.9. The van der Waals surface area contributed by atoms with Crippen LogP contribution in [0.3, 0.4) is 0 Å². The second-order valence-electron chi connectivity index (χ2n) is 4.54. The van der Waals surface area contributed by atoms with Crippen LogP contribution in [-0.4, -0.2) is 5.91 Å². The fourth-order valence-electron chi connectivity index (χ4n) is 1.87. The molecular formula is C15H17BrN2OS. The summed E-state index contributed by atoms with van der Waals surface area (Å²) in [6.07, 6.45) is 1.10. The fraction of sp³-hybridized carbons (Fsp3) is 0.267. The van der Waals surface area contributed by atoms with Gasteiger partial charge in [-0.25, -0.2) is 0 Å². The van der Waals surface area contributed by atoms with Crippen LogP contribution in [-0.2, 0) is 11.3 Å². The third kappa shape index (κ3) is 4.74. The summed E-state index contributed by atoms with van der Waals surface area (Å²) in [7, 11) is 0. The van der Waals surface area contributed by atoms with E-state index in [9.17, 15) is 4.79 Å². The highest BCUT2D eigenvalue weighted by molar-refractivity contribution is 9.11. The number of thiophene rings is 1. The van der Waals surface area contributed by atoms with Crippen LogP contribution in [0, 0.1) is 0 Å². The number of amides is 1. The predicted molar refractivity (Wildman–Crippen MR) is 86.5 cm³/mol. The van der Waals surface area contributed by atoms with Crippen molar-refractivity contribution in [1.29, 1.82) is 0 Å². The second-order valence-corrected chi connectivity index (χ2v) is 7.09. The molecule has 0 radical (unpaired) electrons. The van der Waals surface area contributed by atoms with Gasteiger partial charge in [0.25, 0.3) is 0 Å². The molecule has 3 N–H and O–H groups in total. The molecule has 5 heteroatoms. The van der Waals surface area contributed by atoms with Crippen molar-refractivity contribution < 1.29 is 4.79 Å². The summed E-state index contributed by atoms with van der Waals surface area (Å²) >= 11 is 5.03. The van der Waals surface area contributed by atoms with Crippen molar-refractivity contribution in [2.24, 2.45) is 5.73 Å². The maximum Gasteiger partial charge on any atom is 0.220 e. The highest BCUT2D eigenvalue weighted by atomic mass is 79.9. The van der Waals surface area contributed by atoms with Gasteiger partial charge in [-0.2, -0.15) is 0 Å². The third-order valence-electron chi connectivity index (χ3n) is 3.00. The molecule has 3 nitrogen and oxygen atoms in total. The van der Waals surface area contributed by atoms with Crippen LogP contribution in [0.2, 0.25) is 0 Å². The Labute approximate surface area is 131 Å². The van der Waals surface area contributed by atoms with E-state index in [1.807, 2.05) is 42.5 Å². The largest absolute Gasteiger partial charge is 0.351 e. The number of hydrogen-bond donors (Lipinski definition) is 2. The van der Waals surface area contributed by atoms with Gasteiger partial charge in [-0.15, -0.1) is 11.3 Å². The van der Waals surface area contributed by atoms with E-state index in [4.69, 9.17) is 5.73 Å². The molecule has 0 aliphatic carbocycles.